The SMILES string of the molecule is N#C/C(=C/c1ccc(Sc2ccccc2)o1)C(N)=S. The topological polar surface area (TPSA) is 63.0 Å². The number of nitrogens with two attached hydrogens (primary N) is 1. The molecule has 5 heteroatoms. The Morgan fingerprint density at radius 1 is 1.26 bits per heavy atom. The molecule has 0 saturated heterocycles. The van der Waals surface area contributed by atoms with Gasteiger partial charge in [-0.25, -0.2) is 0 Å². The molecule has 2 aromatic rings. The maximum absolute atomic E-state index is 8.87. The van der Waals surface area contributed by atoms with Crippen molar-refractivity contribution < 1.29 is 4.42 Å². The third kappa shape index (κ3) is 3.71. The lowest BCUT2D eigenvalue weighted by Gasteiger charge is -1.96. The fraction of sp³-hybridized carbons (Fsp3) is 0. The summed E-state index contributed by atoms with van der Waals surface area (Å²) >= 11 is 6.28. The molecule has 0 aliphatic carbocycles. The van der Waals surface area contributed by atoms with Crippen LogP contribution in [0.1, 0.15) is 5.76 Å². The summed E-state index contributed by atoms with van der Waals surface area (Å²) in [5.41, 5.74) is 5.66. The quantitative estimate of drug-likeness (QED) is 0.528. The van der Waals surface area contributed by atoms with Gasteiger partial charge in [-0.15, -0.1) is 0 Å². The highest BCUT2D eigenvalue weighted by atomic mass is 32.2. The van der Waals surface area contributed by atoms with Gasteiger partial charge in [0.15, 0.2) is 5.09 Å². The highest BCUT2D eigenvalue weighted by molar-refractivity contribution is 7.99. The molecule has 0 saturated carbocycles. The second-order valence-electron chi connectivity index (χ2n) is 3.61. The van der Waals surface area contributed by atoms with Gasteiger partial charge < -0.3 is 10.2 Å². The first-order valence-electron chi connectivity index (χ1n) is 5.43. The molecule has 0 amide bonds. The molecule has 0 aliphatic heterocycles. The summed E-state index contributed by atoms with van der Waals surface area (Å²) in [4.78, 5) is 1.15. The van der Waals surface area contributed by atoms with Crippen LogP contribution < -0.4 is 5.73 Å². The molecule has 0 spiro atoms. The Bertz CT molecular complexity index is 654. The largest absolute Gasteiger partial charge is 0.450 e. The third-order valence-electron chi connectivity index (χ3n) is 2.24. The molecule has 94 valence electrons. The number of hydrogen-bond acceptors (Lipinski definition) is 4. The van der Waals surface area contributed by atoms with Crippen LogP contribution in [0.5, 0.6) is 0 Å². The third-order valence-corrected chi connectivity index (χ3v) is 3.38. The van der Waals surface area contributed by atoms with Gasteiger partial charge in [-0.05, 0) is 24.3 Å². The van der Waals surface area contributed by atoms with E-state index in [1.54, 1.807) is 6.07 Å². The van der Waals surface area contributed by atoms with Crippen LogP contribution in [0.3, 0.4) is 0 Å². The van der Waals surface area contributed by atoms with Crippen LogP contribution in [0.25, 0.3) is 6.08 Å². The maximum atomic E-state index is 8.87. The molecule has 2 rings (SSSR count). The first-order chi connectivity index (χ1) is 9.19. The summed E-state index contributed by atoms with van der Waals surface area (Å²) in [6, 6.07) is 15.4. The van der Waals surface area contributed by atoms with Gasteiger partial charge in [-0.1, -0.05) is 42.2 Å². The Morgan fingerprint density at radius 2 is 2.00 bits per heavy atom. The monoisotopic (exact) mass is 286 g/mol. The maximum Gasteiger partial charge on any atom is 0.165 e. The van der Waals surface area contributed by atoms with E-state index in [0.717, 1.165) is 9.99 Å². The summed E-state index contributed by atoms with van der Waals surface area (Å²) in [6.07, 6.45) is 1.54. The van der Waals surface area contributed by atoms with Crippen LogP contribution in [-0.2, 0) is 0 Å². The number of hydrogen-bond donors (Lipinski definition) is 1. The molecule has 0 radical (unpaired) electrons. The van der Waals surface area contributed by atoms with Gasteiger partial charge in [0.25, 0.3) is 0 Å². The lowest BCUT2D eigenvalue weighted by Crippen LogP contribution is -2.09. The molecular formula is C14H10N2OS2. The van der Waals surface area contributed by atoms with E-state index in [4.69, 9.17) is 27.6 Å². The van der Waals surface area contributed by atoms with Crippen molar-refractivity contribution >= 4 is 35.0 Å². The van der Waals surface area contributed by atoms with Crippen LogP contribution in [0, 0.1) is 11.3 Å². The molecule has 0 bridgehead atoms. The summed E-state index contributed by atoms with van der Waals surface area (Å²) in [5, 5.41) is 9.61. The number of benzene rings is 1. The van der Waals surface area contributed by atoms with E-state index >= 15 is 0 Å². The number of rotatable bonds is 4. The average molecular weight is 286 g/mol. The first-order valence-corrected chi connectivity index (χ1v) is 6.66. The van der Waals surface area contributed by atoms with Crippen LogP contribution in [0.15, 0.2) is 62.4 Å². The highest BCUT2D eigenvalue weighted by Gasteiger charge is 2.05. The van der Waals surface area contributed by atoms with Gasteiger partial charge in [0, 0.05) is 11.0 Å². The Balaban J connectivity index is 2.16. The van der Waals surface area contributed by atoms with Crippen LogP contribution in [-0.4, -0.2) is 4.99 Å². The standard InChI is InChI=1S/C14H10N2OS2/c15-9-10(14(16)18)8-11-6-7-13(17-11)19-12-4-2-1-3-5-12/h1-8H,(H2,16,18)/b10-8-. The zero-order valence-electron chi connectivity index (χ0n) is 9.87. The normalized spacial score (nSPS) is 11.0. The summed E-state index contributed by atoms with van der Waals surface area (Å²) in [6.45, 7) is 0. The summed E-state index contributed by atoms with van der Waals surface area (Å²) in [5.74, 6) is 0.558. The van der Waals surface area contributed by atoms with Crippen molar-refractivity contribution in [2.24, 2.45) is 5.73 Å². The summed E-state index contributed by atoms with van der Waals surface area (Å²) < 4.78 is 5.59. The highest BCUT2D eigenvalue weighted by Crippen LogP contribution is 2.29. The minimum absolute atomic E-state index is 0.0659. The number of nitrogens with zero attached hydrogens (tertiary/aromatic N) is 1. The predicted octanol–water partition coefficient (Wildman–Crippen LogP) is 3.62. The van der Waals surface area contributed by atoms with Crippen molar-refractivity contribution in [3.05, 3.63) is 53.8 Å². The van der Waals surface area contributed by atoms with Crippen molar-refractivity contribution in [2.75, 3.05) is 0 Å². The van der Waals surface area contributed by atoms with E-state index in [0.29, 0.717) is 5.76 Å². The molecule has 0 fully saturated rings. The molecule has 3 nitrogen and oxygen atoms in total. The average Bonchev–Trinajstić information content (AvgIpc) is 2.84. The fourth-order valence-corrected chi connectivity index (χ4v) is 2.28. The van der Waals surface area contributed by atoms with E-state index in [1.165, 1.54) is 17.8 Å². The van der Waals surface area contributed by atoms with Gasteiger partial charge in [-0.2, -0.15) is 5.26 Å². The zero-order valence-corrected chi connectivity index (χ0v) is 11.5. The van der Waals surface area contributed by atoms with Crippen molar-refractivity contribution in [2.45, 2.75) is 9.99 Å². The predicted molar refractivity (Wildman–Crippen MR) is 79.6 cm³/mol. The molecule has 1 aromatic carbocycles. The van der Waals surface area contributed by atoms with Gasteiger partial charge in [0.2, 0.25) is 0 Å². The Kier molecular flexibility index (Phi) is 4.39. The lowest BCUT2D eigenvalue weighted by atomic mass is 10.2. The van der Waals surface area contributed by atoms with Gasteiger partial charge in [-0.3, -0.25) is 0 Å². The Hall–Kier alpha value is -2.03. The van der Waals surface area contributed by atoms with Crippen LogP contribution >= 0.6 is 24.0 Å². The smallest absolute Gasteiger partial charge is 0.165 e. The van der Waals surface area contributed by atoms with E-state index in [9.17, 15) is 0 Å². The molecule has 2 N–H and O–H groups in total. The number of nitriles is 1. The van der Waals surface area contributed by atoms with Gasteiger partial charge >= 0.3 is 0 Å². The molecule has 19 heavy (non-hydrogen) atoms. The van der Waals surface area contributed by atoms with E-state index in [-0.39, 0.29) is 10.6 Å². The Morgan fingerprint density at radius 3 is 2.63 bits per heavy atom. The molecule has 0 unspecified atom stereocenters. The molecule has 0 atom stereocenters. The lowest BCUT2D eigenvalue weighted by molar-refractivity contribution is 0.466. The van der Waals surface area contributed by atoms with Gasteiger partial charge in [0.1, 0.15) is 16.8 Å². The van der Waals surface area contributed by atoms with E-state index < -0.39 is 0 Å². The van der Waals surface area contributed by atoms with Crippen molar-refractivity contribution in [1.29, 1.82) is 5.26 Å². The molecule has 0 aliphatic rings. The Labute approximate surface area is 120 Å². The summed E-state index contributed by atoms with van der Waals surface area (Å²) in [7, 11) is 0. The first kappa shape index (κ1) is 13.4. The van der Waals surface area contributed by atoms with Crippen LogP contribution in [0.4, 0.5) is 0 Å². The number of thiocarbonyl (C=S) groups is 1. The van der Waals surface area contributed by atoms with Crippen LogP contribution in [0.2, 0.25) is 0 Å². The minimum atomic E-state index is 0.0659. The van der Waals surface area contributed by atoms with E-state index in [2.05, 4.69) is 0 Å². The minimum Gasteiger partial charge on any atom is -0.450 e. The molecule has 1 heterocycles. The number of furan rings is 1. The van der Waals surface area contributed by atoms with E-state index in [1.807, 2.05) is 42.5 Å². The molecular weight excluding hydrogens is 276 g/mol. The van der Waals surface area contributed by atoms with Gasteiger partial charge in [0.05, 0.1) is 5.57 Å². The van der Waals surface area contributed by atoms with Crippen molar-refractivity contribution in [3.63, 3.8) is 0 Å². The molecule has 1 aromatic heterocycles. The second-order valence-corrected chi connectivity index (χ2v) is 5.12. The zero-order chi connectivity index (χ0) is 13.7. The van der Waals surface area contributed by atoms with Crippen molar-refractivity contribution in [3.8, 4) is 6.07 Å². The second kappa shape index (κ2) is 6.23. The fourth-order valence-electron chi connectivity index (χ4n) is 1.37. The van der Waals surface area contributed by atoms with Crippen molar-refractivity contribution in [1.82, 2.24) is 0 Å².